The van der Waals surface area contributed by atoms with Gasteiger partial charge in [0, 0.05) is 37.3 Å². The van der Waals surface area contributed by atoms with Crippen LogP contribution in [0.15, 0.2) is 36.4 Å². The summed E-state index contributed by atoms with van der Waals surface area (Å²) in [5.74, 6) is -0.235. The summed E-state index contributed by atoms with van der Waals surface area (Å²) in [6, 6.07) is 9.81. The van der Waals surface area contributed by atoms with Gasteiger partial charge in [0.15, 0.2) is 17.3 Å². The molecule has 218 valence electrons. The average Bonchev–Trinajstić information content (AvgIpc) is 2.87. The molecule has 2 atom stereocenters. The quantitative estimate of drug-likeness (QED) is 0.139. The Bertz CT molecular complexity index is 1040. The van der Waals surface area contributed by atoms with Crippen LogP contribution in [-0.2, 0) is 4.79 Å². The van der Waals surface area contributed by atoms with Gasteiger partial charge in [0.2, 0.25) is 5.91 Å². The molecule has 1 amide bonds. The van der Waals surface area contributed by atoms with Gasteiger partial charge >= 0.3 is 0 Å². The Morgan fingerprint density at radius 2 is 1.54 bits per heavy atom. The van der Waals surface area contributed by atoms with Crippen molar-refractivity contribution in [2.24, 2.45) is 0 Å². The van der Waals surface area contributed by atoms with Crippen molar-refractivity contribution in [1.29, 1.82) is 0 Å². The highest BCUT2D eigenvalue weighted by atomic mass is 16.5. The number of carbonyl (C=O) groups is 2. The average molecular weight is 548 g/mol. The van der Waals surface area contributed by atoms with Crippen LogP contribution in [0.1, 0.15) is 76.4 Å². The van der Waals surface area contributed by atoms with Crippen molar-refractivity contribution < 1.29 is 34.8 Å². The lowest BCUT2D eigenvalue weighted by atomic mass is 10.1. The third kappa shape index (κ3) is 13.4. The Kier molecular flexibility index (Phi) is 15.1. The van der Waals surface area contributed by atoms with Crippen molar-refractivity contribution in [2.75, 3.05) is 25.0 Å². The first-order valence-electron chi connectivity index (χ1n) is 13.3. The number of Topliss-reactive ketones (excluding diaryl/α,β-unsaturated/α-hetero) is 1. The molecule has 10 nitrogen and oxygen atoms in total. The highest BCUT2D eigenvalue weighted by Gasteiger charge is 2.14. The molecule has 0 aromatic heterocycles. The fourth-order valence-electron chi connectivity index (χ4n) is 3.29. The summed E-state index contributed by atoms with van der Waals surface area (Å²) in [6.07, 6.45) is -0.160. The number of amides is 1. The van der Waals surface area contributed by atoms with Gasteiger partial charge in [-0.3, -0.25) is 9.59 Å². The van der Waals surface area contributed by atoms with Gasteiger partial charge < -0.3 is 41.1 Å². The zero-order valence-electron chi connectivity index (χ0n) is 23.8. The van der Waals surface area contributed by atoms with Crippen molar-refractivity contribution in [3.8, 4) is 17.2 Å². The minimum absolute atomic E-state index is 0.0849. The Labute approximate surface area is 231 Å². The first-order chi connectivity index (χ1) is 18.3. The van der Waals surface area contributed by atoms with Crippen LogP contribution >= 0.6 is 0 Å². The van der Waals surface area contributed by atoms with Crippen molar-refractivity contribution in [3.63, 3.8) is 0 Å². The second kappa shape index (κ2) is 17.4. The van der Waals surface area contributed by atoms with Gasteiger partial charge in [0.05, 0.1) is 11.7 Å². The SMILES string of the molecule is CC(C)NCC(O)c1ccc(O)c(O)c1.CCCC(=O)Nc1ccc(OCC(O)CNC(C)C)c(C(C)=O)c1. The maximum atomic E-state index is 11.8. The summed E-state index contributed by atoms with van der Waals surface area (Å²) in [5, 5.41) is 46.9. The lowest BCUT2D eigenvalue weighted by Gasteiger charge is -2.17. The van der Waals surface area contributed by atoms with Crippen LogP contribution in [0.3, 0.4) is 0 Å². The minimum atomic E-state index is -0.682. The number of anilines is 1. The lowest BCUT2D eigenvalue weighted by Crippen LogP contribution is -2.35. The summed E-state index contributed by atoms with van der Waals surface area (Å²) in [5.41, 5.74) is 1.53. The van der Waals surface area contributed by atoms with Crippen molar-refractivity contribution >= 4 is 17.4 Å². The van der Waals surface area contributed by atoms with E-state index in [2.05, 4.69) is 16.0 Å². The Morgan fingerprint density at radius 3 is 2.10 bits per heavy atom. The highest BCUT2D eigenvalue weighted by molar-refractivity contribution is 5.99. The minimum Gasteiger partial charge on any atom is -0.504 e. The molecule has 7 N–H and O–H groups in total. The molecule has 0 fully saturated rings. The molecule has 0 saturated heterocycles. The summed E-state index contributed by atoms with van der Waals surface area (Å²) in [7, 11) is 0. The van der Waals surface area contributed by atoms with E-state index in [-0.39, 0.29) is 35.8 Å². The van der Waals surface area contributed by atoms with E-state index in [4.69, 9.17) is 9.84 Å². The number of phenols is 2. The number of aliphatic hydroxyl groups excluding tert-OH is 2. The molecule has 2 aromatic rings. The molecule has 0 aliphatic carbocycles. The van der Waals surface area contributed by atoms with Crippen LogP contribution < -0.4 is 20.7 Å². The number of hydrogen-bond acceptors (Lipinski definition) is 9. The summed E-state index contributed by atoms with van der Waals surface area (Å²) >= 11 is 0. The number of ether oxygens (including phenoxy) is 1. The smallest absolute Gasteiger partial charge is 0.224 e. The Hall–Kier alpha value is -3.18. The van der Waals surface area contributed by atoms with Crippen LogP contribution in [-0.4, -0.2) is 70.0 Å². The molecule has 2 unspecified atom stereocenters. The monoisotopic (exact) mass is 547 g/mol. The third-order valence-corrected chi connectivity index (χ3v) is 5.42. The van der Waals surface area contributed by atoms with Gasteiger partial charge in [0.1, 0.15) is 18.5 Å². The predicted octanol–water partition coefficient (Wildman–Crippen LogP) is 3.49. The molecule has 10 heteroatoms. The molecule has 39 heavy (non-hydrogen) atoms. The fourth-order valence-corrected chi connectivity index (χ4v) is 3.29. The van der Waals surface area contributed by atoms with Gasteiger partial charge in [-0.1, -0.05) is 40.7 Å². The molecule has 0 bridgehead atoms. The number of rotatable bonds is 14. The summed E-state index contributed by atoms with van der Waals surface area (Å²) < 4.78 is 5.58. The molecule has 0 saturated carbocycles. The van der Waals surface area contributed by atoms with Gasteiger partial charge in [-0.2, -0.15) is 0 Å². The van der Waals surface area contributed by atoms with E-state index in [0.717, 1.165) is 6.42 Å². The van der Waals surface area contributed by atoms with Gasteiger partial charge in [-0.25, -0.2) is 0 Å². The van der Waals surface area contributed by atoms with E-state index in [0.29, 0.717) is 48.1 Å². The molecular weight excluding hydrogens is 502 g/mol. The van der Waals surface area contributed by atoms with Crippen LogP contribution in [0.2, 0.25) is 0 Å². The van der Waals surface area contributed by atoms with E-state index in [9.17, 15) is 24.9 Å². The number of hydrogen-bond donors (Lipinski definition) is 7. The first kappa shape index (κ1) is 33.8. The largest absolute Gasteiger partial charge is 0.504 e. The van der Waals surface area contributed by atoms with Crippen LogP contribution in [0.5, 0.6) is 17.2 Å². The summed E-state index contributed by atoms with van der Waals surface area (Å²) in [4.78, 5) is 23.5. The zero-order valence-corrected chi connectivity index (χ0v) is 23.8. The predicted molar refractivity (Wildman–Crippen MR) is 152 cm³/mol. The molecule has 0 spiro atoms. The molecule has 0 aliphatic rings. The topological polar surface area (TPSA) is 160 Å². The number of phenolic OH excluding ortho intramolecular Hbond substituents is 2. The van der Waals surface area contributed by atoms with Crippen LogP contribution in [0, 0.1) is 0 Å². The van der Waals surface area contributed by atoms with Gasteiger partial charge in [-0.15, -0.1) is 0 Å². The number of benzene rings is 2. The maximum absolute atomic E-state index is 11.8. The molecule has 0 radical (unpaired) electrons. The Morgan fingerprint density at radius 1 is 0.897 bits per heavy atom. The molecule has 0 heterocycles. The maximum Gasteiger partial charge on any atom is 0.224 e. The van der Waals surface area contributed by atoms with E-state index in [1.54, 1.807) is 24.3 Å². The van der Waals surface area contributed by atoms with Gasteiger partial charge in [-0.05, 0) is 49.2 Å². The number of ketones is 1. The molecule has 2 rings (SSSR count). The molecule has 2 aromatic carbocycles. The second-order valence-electron chi connectivity index (χ2n) is 9.92. The first-order valence-corrected chi connectivity index (χ1v) is 13.3. The van der Waals surface area contributed by atoms with Crippen molar-refractivity contribution in [2.45, 2.75) is 78.7 Å². The second-order valence-corrected chi connectivity index (χ2v) is 9.92. The third-order valence-electron chi connectivity index (χ3n) is 5.42. The number of aliphatic hydroxyl groups is 2. The molecular formula is C29H45N3O7. The number of nitrogens with one attached hydrogen (secondary N) is 3. The van der Waals surface area contributed by atoms with Crippen molar-refractivity contribution in [3.05, 3.63) is 47.5 Å². The van der Waals surface area contributed by atoms with E-state index in [1.807, 2.05) is 34.6 Å². The molecule has 0 aliphatic heterocycles. The Balaban J connectivity index is 0.000000434. The zero-order chi connectivity index (χ0) is 29.5. The van der Waals surface area contributed by atoms with Crippen LogP contribution in [0.4, 0.5) is 5.69 Å². The number of carbonyl (C=O) groups excluding carboxylic acids is 2. The number of aromatic hydroxyl groups is 2. The lowest BCUT2D eigenvalue weighted by molar-refractivity contribution is -0.116. The van der Waals surface area contributed by atoms with Crippen molar-refractivity contribution in [1.82, 2.24) is 10.6 Å². The standard InChI is InChI=1S/C18H28N2O4.C11H17NO3/c1-5-6-18(23)20-14-7-8-17(16(9-14)13(4)21)24-11-15(22)10-19-12(2)3;1-7(2)12-6-11(15)8-3-4-9(13)10(14)5-8/h7-9,12,15,19,22H,5-6,10-11H2,1-4H3,(H,20,23);3-5,7,11-15H,6H2,1-2H3. The summed E-state index contributed by atoms with van der Waals surface area (Å²) in [6.45, 7) is 12.2. The van der Waals surface area contributed by atoms with Gasteiger partial charge in [0.25, 0.3) is 0 Å². The normalized spacial score (nSPS) is 12.5. The highest BCUT2D eigenvalue weighted by Crippen LogP contribution is 2.27. The fraction of sp³-hybridized carbons (Fsp3) is 0.517. The van der Waals surface area contributed by atoms with E-state index in [1.165, 1.54) is 19.1 Å². The van der Waals surface area contributed by atoms with E-state index >= 15 is 0 Å². The van der Waals surface area contributed by atoms with Crippen LogP contribution in [0.25, 0.3) is 0 Å². The van der Waals surface area contributed by atoms with E-state index < -0.39 is 12.2 Å².